The molecule has 5 aromatic carbocycles. The van der Waals surface area contributed by atoms with Crippen LogP contribution in [0.5, 0.6) is 17.2 Å². The number of morpholine rings is 1. The van der Waals surface area contributed by atoms with Gasteiger partial charge in [0.15, 0.2) is 11.5 Å². The lowest BCUT2D eigenvalue weighted by molar-refractivity contribution is -0.179. The number of hydrogen-bond donors (Lipinski definition) is 3. The highest BCUT2D eigenvalue weighted by Gasteiger charge is 2.76. The monoisotopic (exact) mass is 963 g/mol. The van der Waals surface area contributed by atoms with Gasteiger partial charge < -0.3 is 49.5 Å². The first kappa shape index (κ1) is 48.1. The SMILES string of the molecule is COCCOC(=O)N1C(=O)C2(c3cc(C#CCNC(N)=O)ccc31)C(C(=O)N1CCc3cc(OC)c(OC)cc3C1)C1C(=O)OC(c3ccccc3)C(c3ccccc3)N1C2c1ccc(OCCO)cc1. The number of urea groups is 1. The van der Waals surface area contributed by atoms with Crippen LogP contribution in [0.15, 0.2) is 115 Å². The number of ether oxygens (including phenoxy) is 6. The second-order valence-corrected chi connectivity index (χ2v) is 17.4. The van der Waals surface area contributed by atoms with Crippen LogP contribution in [0.4, 0.5) is 15.3 Å². The van der Waals surface area contributed by atoms with E-state index in [-0.39, 0.29) is 57.3 Å². The zero-order valence-corrected chi connectivity index (χ0v) is 39.4. The third-order valence-electron chi connectivity index (χ3n) is 13.6. The summed E-state index contributed by atoms with van der Waals surface area (Å²) >= 11 is 0. The normalized spacial score (nSPS) is 22.1. The maximum absolute atomic E-state index is 16.6. The third-order valence-corrected chi connectivity index (χ3v) is 13.6. The summed E-state index contributed by atoms with van der Waals surface area (Å²) in [7, 11) is 4.53. The van der Waals surface area contributed by atoms with Gasteiger partial charge in [-0.3, -0.25) is 19.3 Å². The van der Waals surface area contributed by atoms with Gasteiger partial charge in [0.25, 0.3) is 0 Å². The molecule has 0 aromatic heterocycles. The number of benzene rings is 5. The van der Waals surface area contributed by atoms with E-state index in [4.69, 9.17) is 34.2 Å². The molecule has 1 spiro atoms. The van der Waals surface area contributed by atoms with Crippen molar-refractivity contribution in [3.8, 4) is 29.1 Å². The van der Waals surface area contributed by atoms with Crippen molar-refractivity contribution < 1.29 is 57.5 Å². The predicted molar refractivity (Wildman–Crippen MR) is 257 cm³/mol. The molecule has 4 aliphatic rings. The number of aliphatic hydroxyl groups is 1. The fraction of sp³-hybridized carbons (Fsp3) is 0.315. The Morgan fingerprint density at radius 2 is 1.51 bits per heavy atom. The number of amides is 5. The molecule has 4 heterocycles. The standard InChI is InChI=1S/C54H53N5O12/c1-66-27-28-70-53(65)58-41-21-16-33(11-10-23-56-52(55)64)29-40(41)54(51(58)63)44(49(61)57-24-22-37-30-42(67-2)43(68-3)31-38(37)32-57)46-50(62)71-47(35-14-8-5-9-15-35)45(34-12-6-4-7-13-34)59(46)48(54)36-17-19-39(20-18-36)69-26-25-60/h4-9,12-21,29-31,44-48,60H,22-28,32H2,1-3H3,(H3,55,56,64). The number of imide groups is 1. The Morgan fingerprint density at radius 1 is 0.817 bits per heavy atom. The molecule has 0 bridgehead atoms. The molecule has 0 radical (unpaired) electrons. The molecule has 0 saturated carbocycles. The lowest BCUT2D eigenvalue weighted by Gasteiger charge is -2.46. The van der Waals surface area contributed by atoms with Gasteiger partial charge in [-0.2, -0.15) is 0 Å². The fourth-order valence-corrected chi connectivity index (χ4v) is 10.7. The fourth-order valence-electron chi connectivity index (χ4n) is 10.7. The number of primary amides is 1. The van der Waals surface area contributed by atoms with Gasteiger partial charge in [-0.1, -0.05) is 84.6 Å². The lowest BCUT2D eigenvalue weighted by Crippen LogP contribution is -2.57. The van der Waals surface area contributed by atoms with E-state index in [9.17, 15) is 14.7 Å². The van der Waals surface area contributed by atoms with Gasteiger partial charge in [-0.15, -0.1) is 0 Å². The first-order valence-corrected chi connectivity index (χ1v) is 23.2. The summed E-state index contributed by atoms with van der Waals surface area (Å²) in [5.74, 6) is 3.70. The third kappa shape index (κ3) is 8.75. The van der Waals surface area contributed by atoms with Gasteiger partial charge in [0.2, 0.25) is 11.8 Å². The van der Waals surface area contributed by atoms with Crippen molar-refractivity contribution in [1.29, 1.82) is 0 Å². The highest BCUT2D eigenvalue weighted by molar-refractivity contribution is 6.23. The summed E-state index contributed by atoms with van der Waals surface area (Å²) in [5, 5.41) is 12.1. The number of carbonyl (C=O) groups is 5. The summed E-state index contributed by atoms with van der Waals surface area (Å²) in [6, 6.07) is 30.0. The van der Waals surface area contributed by atoms with Crippen molar-refractivity contribution in [3.63, 3.8) is 0 Å². The Hall–Kier alpha value is -7.91. The average Bonchev–Trinajstić information content (AvgIpc) is 3.85. The highest BCUT2D eigenvalue weighted by Crippen LogP contribution is 2.66. The summed E-state index contributed by atoms with van der Waals surface area (Å²) in [6.45, 7) is -0.201. The minimum atomic E-state index is -2.09. The maximum atomic E-state index is 16.6. The van der Waals surface area contributed by atoms with E-state index in [1.807, 2.05) is 77.7 Å². The van der Waals surface area contributed by atoms with E-state index < -0.39 is 65.5 Å². The smallest absolute Gasteiger partial charge is 0.421 e. The molecule has 0 aliphatic carbocycles. The number of nitrogens with one attached hydrogen (secondary N) is 1. The Balaban J connectivity index is 1.34. The summed E-state index contributed by atoms with van der Waals surface area (Å²) in [5.41, 5.74) is 7.58. The molecule has 366 valence electrons. The van der Waals surface area contributed by atoms with E-state index >= 15 is 14.4 Å². The molecule has 5 aromatic rings. The molecule has 4 N–H and O–H groups in total. The number of rotatable bonds is 13. The Kier molecular flexibility index (Phi) is 14.0. The van der Waals surface area contributed by atoms with Gasteiger partial charge in [-0.05, 0) is 82.3 Å². The number of hydrogen-bond acceptors (Lipinski definition) is 13. The van der Waals surface area contributed by atoms with Crippen LogP contribution in [-0.2, 0) is 47.0 Å². The van der Waals surface area contributed by atoms with E-state index in [1.165, 1.54) is 14.2 Å². The van der Waals surface area contributed by atoms with Crippen molar-refractivity contribution in [2.24, 2.45) is 11.7 Å². The molecular weight excluding hydrogens is 911 g/mol. The molecule has 17 nitrogen and oxygen atoms in total. The Labute approximate surface area is 410 Å². The molecule has 71 heavy (non-hydrogen) atoms. The minimum absolute atomic E-state index is 0.0144. The zero-order valence-electron chi connectivity index (χ0n) is 39.4. The molecule has 2 saturated heterocycles. The number of nitrogens with two attached hydrogens (primary N) is 1. The second-order valence-electron chi connectivity index (χ2n) is 17.4. The molecular formula is C54H53N5O12. The van der Waals surface area contributed by atoms with Crippen LogP contribution in [0.25, 0.3) is 0 Å². The zero-order chi connectivity index (χ0) is 49.8. The van der Waals surface area contributed by atoms with Crippen molar-refractivity contribution >= 4 is 35.6 Å². The number of aliphatic hydroxyl groups excluding tert-OH is 1. The van der Waals surface area contributed by atoms with Crippen LogP contribution in [-0.4, -0.2) is 112 Å². The first-order valence-electron chi connectivity index (χ1n) is 23.2. The van der Waals surface area contributed by atoms with E-state index in [0.29, 0.717) is 40.4 Å². The van der Waals surface area contributed by atoms with Crippen LogP contribution >= 0.6 is 0 Å². The summed E-state index contributed by atoms with van der Waals surface area (Å²) in [6.07, 6.45) is -1.56. The van der Waals surface area contributed by atoms with Crippen molar-refractivity contribution in [3.05, 3.63) is 154 Å². The van der Waals surface area contributed by atoms with Crippen LogP contribution in [0.1, 0.15) is 57.1 Å². The molecule has 5 amide bonds. The Bertz CT molecular complexity index is 2890. The van der Waals surface area contributed by atoms with E-state index in [2.05, 4.69) is 17.2 Å². The topological polar surface area (TPSA) is 209 Å². The Morgan fingerprint density at radius 3 is 2.17 bits per heavy atom. The minimum Gasteiger partial charge on any atom is -0.493 e. The lowest BCUT2D eigenvalue weighted by atomic mass is 9.64. The molecule has 17 heteroatoms. The number of methoxy groups -OCH3 is 3. The van der Waals surface area contributed by atoms with Crippen molar-refractivity contribution in [1.82, 2.24) is 15.1 Å². The van der Waals surface area contributed by atoms with Crippen LogP contribution < -0.4 is 30.2 Å². The molecule has 2 fully saturated rings. The average molecular weight is 964 g/mol. The quantitative estimate of drug-likeness (QED) is 0.0796. The first-order chi connectivity index (χ1) is 34.5. The predicted octanol–water partition coefficient (Wildman–Crippen LogP) is 5.13. The summed E-state index contributed by atoms with van der Waals surface area (Å²) < 4.78 is 34.7. The number of carbonyl (C=O) groups excluding carboxylic acids is 5. The van der Waals surface area contributed by atoms with Gasteiger partial charge in [-0.25, -0.2) is 14.5 Å². The number of anilines is 1. The molecule has 9 rings (SSSR count). The number of cyclic esters (lactones) is 1. The summed E-state index contributed by atoms with van der Waals surface area (Å²) in [4.78, 5) is 79.3. The van der Waals surface area contributed by atoms with Gasteiger partial charge in [0.05, 0.1) is 57.7 Å². The second kappa shape index (κ2) is 20.6. The van der Waals surface area contributed by atoms with Crippen LogP contribution in [0.3, 0.4) is 0 Å². The van der Waals surface area contributed by atoms with Gasteiger partial charge in [0, 0.05) is 25.8 Å². The van der Waals surface area contributed by atoms with Crippen molar-refractivity contribution in [2.45, 2.75) is 42.6 Å². The molecule has 6 atom stereocenters. The number of fused-ring (bicyclic) bond motifs is 4. The number of nitrogens with zero attached hydrogens (tertiary/aromatic N) is 3. The van der Waals surface area contributed by atoms with Crippen LogP contribution in [0.2, 0.25) is 0 Å². The largest absolute Gasteiger partial charge is 0.493 e. The van der Waals surface area contributed by atoms with E-state index in [0.717, 1.165) is 21.6 Å². The molecule has 4 aliphatic heterocycles. The van der Waals surface area contributed by atoms with Gasteiger partial charge in [0.1, 0.15) is 36.5 Å². The highest BCUT2D eigenvalue weighted by atomic mass is 16.6. The molecule has 6 unspecified atom stereocenters. The number of esters is 1. The van der Waals surface area contributed by atoms with Crippen molar-refractivity contribution in [2.75, 3.05) is 65.7 Å². The van der Waals surface area contributed by atoms with Crippen LogP contribution in [0, 0.1) is 17.8 Å². The maximum Gasteiger partial charge on any atom is 0.421 e. The van der Waals surface area contributed by atoms with E-state index in [1.54, 1.807) is 54.5 Å². The van der Waals surface area contributed by atoms with Gasteiger partial charge >= 0.3 is 18.1 Å².